The fraction of sp³-hybridized carbons (Fsp3) is 0.348. The molecule has 1 atom stereocenters. The van der Waals surface area contributed by atoms with Crippen LogP contribution >= 0.6 is 0 Å². The van der Waals surface area contributed by atoms with Crippen molar-refractivity contribution in [2.45, 2.75) is 19.9 Å². The Hall–Kier alpha value is -3.62. The van der Waals surface area contributed by atoms with Gasteiger partial charge in [0.15, 0.2) is 0 Å². The van der Waals surface area contributed by atoms with Crippen LogP contribution in [0.1, 0.15) is 36.1 Å². The van der Waals surface area contributed by atoms with Crippen molar-refractivity contribution in [2.75, 3.05) is 42.6 Å². The van der Waals surface area contributed by atoms with Gasteiger partial charge in [-0.1, -0.05) is 17.2 Å². The molecule has 2 heterocycles. The smallest absolute Gasteiger partial charge is 0.318 e. The molecule has 0 saturated carbocycles. The number of aromatic nitrogens is 2. The monoisotopic (exact) mass is 439 g/mol. The lowest BCUT2D eigenvalue weighted by Crippen LogP contribution is -2.46. The zero-order valence-corrected chi connectivity index (χ0v) is 18.1. The largest absolute Gasteiger partial charge is 0.493 e. The molecule has 1 aliphatic rings. The third-order valence-corrected chi connectivity index (χ3v) is 5.32. The van der Waals surface area contributed by atoms with Gasteiger partial charge in [-0.2, -0.15) is 0 Å². The number of nitrogens with zero attached hydrogens (tertiary/aromatic N) is 4. The zero-order chi connectivity index (χ0) is 22.5. The van der Waals surface area contributed by atoms with Crippen molar-refractivity contribution in [1.29, 1.82) is 0 Å². The van der Waals surface area contributed by atoms with Crippen molar-refractivity contribution in [1.82, 2.24) is 15.5 Å². The molecule has 4 rings (SSSR count). The molecule has 3 aromatic rings. The second-order valence-electron chi connectivity index (χ2n) is 7.50. The van der Waals surface area contributed by atoms with E-state index in [0.29, 0.717) is 42.9 Å². The van der Waals surface area contributed by atoms with Gasteiger partial charge in [0, 0.05) is 31.9 Å². The van der Waals surface area contributed by atoms with Gasteiger partial charge in [-0.25, -0.2) is 4.39 Å². The molecule has 1 fully saturated rings. The van der Waals surface area contributed by atoms with Crippen molar-refractivity contribution < 1.29 is 18.3 Å². The highest BCUT2D eigenvalue weighted by atomic mass is 19.1. The summed E-state index contributed by atoms with van der Waals surface area (Å²) in [5.41, 5.74) is 1.44. The fourth-order valence-corrected chi connectivity index (χ4v) is 3.61. The highest BCUT2D eigenvalue weighted by molar-refractivity contribution is 5.97. The van der Waals surface area contributed by atoms with Gasteiger partial charge in [-0.05, 0) is 50.2 Å². The van der Waals surface area contributed by atoms with Crippen LogP contribution in [-0.2, 0) is 0 Å². The Morgan fingerprint density at radius 1 is 1.09 bits per heavy atom. The number of hydrogen-bond acceptors (Lipinski definition) is 7. The number of carbonyl (C=O) groups is 1. The molecule has 0 aliphatic carbocycles. The number of benzene rings is 2. The number of para-hydroxylation sites is 1. The Kier molecular flexibility index (Phi) is 6.53. The topological polar surface area (TPSA) is 83.7 Å². The first-order valence-corrected chi connectivity index (χ1v) is 10.7. The summed E-state index contributed by atoms with van der Waals surface area (Å²) in [5, 5.41) is 11.2. The Morgan fingerprint density at radius 2 is 1.78 bits per heavy atom. The Bertz CT molecular complexity index is 1050. The van der Waals surface area contributed by atoms with Gasteiger partial charge in [-0.15, -0.1) is 5.10 Å². The molecule has 168 valence electrons. The normalized spacial score (nSPS) is 14.8. The van der Waals surface area contributed by atoms with Crippen LogP contribution in [0, 0.1) is 5.82 Å². The number of ether oxygens (including phenoxy) is 1. The molecule has 9 heteroatoms. The van der Waals surface area contributed by atoms with E-state index in [0.717, 1.165) is 18.8 Å². The minimum atomic E-state index is -0.459. The molecule has 0 bridgehead atoms. The van der Waals surface area contributed by atoms with Gasteiger partial charge >= 0.3 is 6.01 Å². The quantitative estimate of drug-likeness (QED) is 0.604. The summed E-state index contributed by atoms with van der Waals surface area (Å²) in [5.74, 6) is 0.357. The van der Waals surface area contributed by atoms with Crippen LogP contribution in [0.25, 0.3) is 0 Å². The molecule has 1 aromatic heterocycles. The predicted octanol–water partition coefficient (Wildman–Crippen LogP) is 3.43. The lowest BCUT2D eigenvalue weighted by molar-refractivity contribution is 0.0930. The predicted molar refractivity (Wildman–Crippen MR) is 119 cm³/mol. The van der Waals surface area contributed by atoms with Crippen molar-refractivity contribution >= 4 is 17.6 Å². The van der Waals surface area contributed by atoms with Crippen molar-refractivity contribution in [3.05, 3.63) is 65.8 Å². The first-order valence-electron chi connectivity index (χ1n) is 10.7. The lowest BCUT2D eigenvalue weighted by atomic mass is 10.1. The Labute approximate surface area is 186 Å². The van der Waals surface area contributed by atoms with Crippen molar-refractivity contribution in [3.63, 3.8) is 0 Å². The van der Waals surface area contributed by atoms with E-state index in [4.69, 9.17) is 9.15 Å². The van der Waals surface area contributed by atoms with Crippen LogP contribution in [0.4, 0.5) is 16.1 Å². The van der Waals surface area contributed by atoms with Gasteiger partial charge in [-0.3, -0.25) is 4.79 Å². The number of halogens is 1. The molecule has 1 amide bonds. The van der Waals surface area contributed by atoms with Crippen LogP contribution in [0.15, 0.2) is 52.9 Å². The van der Waals surface area contributed by atoms with E-state index in [9.17, 15) is 9.18 Å². The fourth-order valence-electron chi connectivity index (χ4n) is 3.61. The number of carbonyl (C=O) groups excluding carboxylic acids is 1. The van der Waals surface area contributed by atoms with Gasteiger partial charge in [0.1, 0.15) is 17.6 Å². The van der Waals surface area contributed by atoms with Gasteiger partial charge < -0.3 is 24.3 Å². The average molecular weight is 439 g/mol. The molecule has 1 aliphatic heterocycles. The highest BCUT2D eigenvalue weighted by Gasteiger charge is 2.24. The summed E-state index contributed by atoms with van der Waals surface area (Å²) >= 11 is 0. The van der Waals surface area contributed by atoms with Crippen LogP contribution in [0.2, 0.25) is 0 Å². The van der Waals surface area contributed by atoms with E-state index in [2.05, 4.69) is 20.4 Å². The molecule has 32 heavy (non-hydrogen) atoms. The van der Waals surface area contributed by atoms with E-state index in [1.807, 2.05) is 17.9 Å². The highest BCUT2D eigenvalue weighted by Crippen LogP contribution is 2.23. The second kappa shape index (κ2) is 9.67. The van der Waals surface area contributed by atoms with Crippen LogP contribution in [0.3, 0.4) is 0 Å². The molecule has 1 N–H and O–H groups in total. The minimum absolute atomic E-state index is 0.242. The molecule has 1 unspecified atom stereocenters. The van der Waals surface area contributed by atoms with Crippen LogP contribution in [-0.4, -0.2) is 48.9 Å². The van der Waals surface area contributed by atoms with E-state index in [1.165, 1.54) is 12.1 Å². The van der Waals surface area contributed by atoms with E-state index in [-0.39, 0.29) is 11.7 Å². The standard InChI is InChI=1S/C23H26FN5O3/c1-3-31-20-7-5-4-6-19(20)21(30)25-16(2)22-26-27-23(32-22)29-14-12-28(13-15-29)18-10-8-17(24)9-11-18/h4-11,16H,3,12-15H2,1-2H3,(H,25,30). The minimum Gasteiger partial charge on any atom is -0.493 e. The molecule has 0 spiro atoms. The number of amides is 1. The maximum absolute atomic E-state index is 13.1. The summed E-state index contributed by atoms with van der Waals surface area (Å²) in [6.45, 7) is 7.04. The number of anilines is 2. The Morgan fingerprint density at radius 3 is 2.50 bits per heavy atom. The molecule has 8 nitrogen and oxygen atoms in total. The van der Waals surface area contributed by atoms with Crippen LogP contribution in [0.5, 0.6) is 5.75 Å². The van der Waals surface area contributed by atoms with Gasteiger partial charge in [0.25, 0.3) is 5.91 Å². The van der Waals surface area contributed by atoms with E-state index in [1.54, 1.807) is 37.3 Å². The summed E-state index contributed by atoms with van der Waals surface area (Å²) < 4.78 is 24.5. The number of nitrogens with one attached hydrogen (secondary N) is 1. The molecular weight excluding hydrogens is 413 g/mol. The van der Waals surface area contributed by atoms with Gasteiger partial charge in [0.2, 0.25) is 5.89 Å². The number of rotatable bonds is 7. The maximum atomic E-state index is 13.1. The van der Waals surface area contributed by atoms with Crippen molar-refractivity contribution in [3.8, 4) is 5.75 Å². The zero-order valence-electron chi connectivity index (χ0n) is 18.1. The summed E-state index contributed by atoms with van der Waals surface area (Å²) in [6.07, 6.45) is 0. The number of hydrogen-bond donors (Lipinski definition) is 1. The number of piperazine rings is 1. The van der Waals surface area contributed by atoms with E-state index >= 15 is 0 Å². The summed E-state index contributed by atoms with van der Waals surface area (Å²) in [7, 11) is 0. The molecular formula is C23H26FN5O3. The summed E-state index contributed by atoms with van der Waals surface area (Å²) in [6, 6.07) is 13.6. The lowest BCUT2D eigenvalue weighted by Gasteiger charge is -2.35. The molecule has 0 radical (unpaired) electrons. The van der Waals surface area contributed by atoms with Gasteiger partial charge in [0.05, 0.1) is 12.2 Å². The maximum Gasteiger partial charge on any atom is 0.318 e. The third-order valence-electron chi connectivity index (χ3n) is 5.32. The van der Waals surface area contributed by atoms with Crippen LogP contribution < -0.4 is 19.9 Å². The van der Waals surface area contributed by atoms with Crippen molar-refractivity contribution in [2.24, 2.45) is 0 Å². The SMILES string of the molecule is CCOc1ccccc1C(=O)NC(C)c1nnc(N2CCN(c3ccc(F)cc3)CC2)o1. The molecule has 2 aromatic carbocycles. The second-order valence-corrected chi connectivity index (χ2v) is 7.50. The van der Waals surface area contributed by atoms with E-state index < -0.39 is 6.04 Å². The third kappa shape index (κ3) is 4.82. The first-order chi connectivity index (χ1) is 15.5. The summed E-state index contributed by atoms with van der Waals surface area (Å²) in [4.78, 5) is 16.9. The Balaban J connectivity index is 1.35. The first kappa shape index (κ1) is 21.6. The average Bonchev–Trinajstić information content (AvgIpc) is 3.31. The molecule has 1 saturated heterocycles.